The molecule has 1 heterocycles. The van der Waals surface area contributed by atoms with Crippen LogP contribution in [0.25, 0.3) is 0 Å². The fourth-order valence-corrected chi connectivity index (χ4v) is 2.94. The normalized spacial score (nSPS) is 18.8. The lowest BCUT2D eigenvalue weighted by Gasteiger charge is -2.31. The summed E-state index contributed by atoms with van der Waals surface area (Å²) in [6.07, 6.45) is -0.211. The van der Waals surface area contributed by atoms with Crippen LogP contribution in [0.15, 0.2) is 53.6 Å². The number of nitrogens with zero attached hydrogens (tertiary/aromatic N) is 2. The molecule has 0 unspecified atom stereocenters. The largest absolute Gasteiger partial charge is 0.497 e. The lowest BCUT2D eigenvalue weighted by atomic mass is 9.96. The molecule has 1 aliphatic heterocycles. The molecule has 1 amide bonds. The number of esters is 1. The number of halogens is 1. The van der Waals surface area contributed by atoms with E-state index in [1.807, 2.05) is 0 Å². The summed E-state index contributed by atoms with van der Waals surface area (Å²) >= 11 is 5.91. The molecule has 0 saturated carbocycles. The number of hydrazone groups is 1. The number of carbonyl (C=O) groups is 2. The van der Waals surface area contributed by atoms with Gasteiger partial charge in [0.2, 0.25) is 0 Å². The Kier molecular flexibility index (Phi) is 5.16. The quantitative estimate of drug-likeness (QED) is 0.813. The van der Waals surface area contributed by atoms with Gasteiger partial charge in [0.05, 0.1) is 20.6 Å². The van der Waals surface area contributed by atoms with E-state index >= 15 is 0 Å². The van der Waals surface area contributed by atoms with Gasteiger partial charge < -0.3 is 14.6 Å². The van der Waals surface area contributed by atoms with E-state index in [1.165, 1.54) is 20.3 Å². The zero-order valence-corrected chi connectivity index (χ0v) is 15.4. The molecule has 7 nitrogen and oxygen atoms in total. The molecule has 1 atom stereocenters. The van der Waals surface area contributed by atoms with E-state index in [1.54, 1.807) is 42.5 Å². The highest BCUT2D eigenvalue weighted by molar-refractivity contribution is 6.37. The van der Waals surface area contributed by atoms with Gasteiger partial charge in [-0.3, -0.25) is 4.79 Å². The number of ether oxygens (including phenoxy) is 2. The molecule has 0 fully saturated rings. The predicted octanol–water partition coefficient (Wildman–Crippen LogP) is 2.57. The first-order valence-corrected chi connectivity index (χ1v) is 8.39. The maximum Gasteiger partial charge on any atom is 0.354 e. The van der Waals surface area contributed by atoms with Crippen molar-refractivity contribution in [2.75, 3.05) is 14.2 Å². The van der Waals surface area contributed by atoms with Crippen molar-refractivity contribution in [1.29, 1.82) is 0 Å². The first-order valence-electron chi connectivity index (χ1n) is 8.02. The van der Waals surface area contributed by atoms with Gasteiger partial charge in [0.25, 0.3) is 5.91 Å². The number of amides is 1. The maximum atomic E-state index is 13.1. The molecule has 1 aliphatic rings. The van der Waals surface area contributed by atoms with Gasteiger partial charge in [0.15, 0.2) is 11.4 Å². The van der Waals surface area contributed by atoms with Gasteiger partial charge in [-0.2, -0.15) is 10.1 Å². The van der Waals surface area contributed by atoms with Gasteiger partial charge in [-0.25, -0.2) is 4.79 Å². The van der Waals surface area contributed by atoms with Crippen LogP contribution in [0.2, 0.25) is 5.02 Å². The van der Waals surface area contributed by atoms with Crippen LogP contribution in [0.3, 0.4) is 0 Å². The number of hydrogen-bond acceptors (Lipinski definition) is 6. The Morgan fingerprint density at radius 2 is 1.89 bits per heavy atom. The average Bonchev–Trinajstić information content (AvgIpc) is 3.06. The molecule has 0 aromatic heterocycles. The number of hydrogen-bond donors (Lipinski definition) is 1. The van der Waals surface area contributed by atoms with Gasteiger partial charge in [0.1, 0.15) is 5.75 Å². The summed E-state index contributed by atoms with van der Waals surface area (Å²) in [6.45, 7) is 0. The highest BCUT2D eigenvalue weighted by atomic mass is 35.5. The van der Waals surface area contributed by atoms with E-state index in [9.17, 15) is 14.7 Å². The second kappa shape index (κ2) is 7.38. The summed E-state index contributed by atoms with van der Waals surface area (Å²) in [4.78, 5) is 25.0. The van der Waals surface area contributed by atoms with Crippen LogP contribution >= 0.6 is 11.6 Å². The number of carbonyl (C=O) groups excluding carboxylic acids is 2. The van der Waals surface area contributed by atoms with Crippen LogP contribution in [0.5, 0.6) is 5.75 Å². The third-order valence-corrected chi connectivity index (χ3v) is 4.47. The Hall–Kier alpha value is -2.90. The molecule has 27 heavy (non-hydrogen) atoms. The standard InChI is InChI=1S/C19H17ClN2O5/c1-26-15-5-3-4-12(10-15)17(23)22-19(25,11-16(21-22)18(24)27-2)13-6-8-14(20)9-7-13/h3-10,25H,11H2,1-2H3/t19-/m0/s1. The molecule has 2 aromatic rings. The maximum absolute atomic E-state index is 13.1. The number of benzene rings is 2. The summed E-state index contributed by atoms with van der Waals surface area (Å²) in [6, 6.07) is 12.7. The Labute approximate surface area is 160 Å². The van der Waals surface area contributed by atoms with Crippen molar-refractivity contribution in [3.8, 4) is 5.75 Å². The number of rotatable bonds is 4. The van der Waals surface area contributed by atoms with Crippen molar-refractivity contribution >= 4 is 29.2 Å². The second-order valence-electron chi connectivity index (χ2n) is 5.89. The SMILES string of the molecule is COC(=O)C1=NN(C(=O)c2cccc(OC)c2)[C@@](O)(c2ccc(Cl)cc2)C1. The van der Waals surface area contributed by atoms with E-state index in [0.717, 1.165) is 5.01 Å². The molecule has 140 valence electrons. The predicted molar refractivity (Wildman–Crippen MR) is 98.6 cm³/mol. The van der Waals surface area contributed by atoms with E-state index in [2.05, 4.69) is 5.10 Å². The first kappa shape index (κ1) is 18.9. The molecule has 0 saturated heterocycles. The number of methoxy groups -OCH3 is 2. The van der Waals surface area contributed by atoms with E-state index in [0.29, 0.717) is 16.3 Å². The smallest absolute Gasteiger partial charge is 0.354 e. The number of aliphatic hydroxyl groups is 1. The summed E-state index contributed by atoms with van der Waals surface area (Å²) in [5.41, 5.74) is -1.30. The fraction of sp³-hybridized carbons (Fsp3) is 0.211. The van der Waals surface area contributed by atoms with Crippen molar-refractivity contribution in [3.05, 3.63) is 64.7 Å². The van der Waals surface area contributed by atoms with Gasteiger partial charge in [-0.1, -0.05) is 29.8 Å². The van der Waals surface area contributed by atoms with Crippen molar-refractivity contribution in [2.24, 2.45) is 5.10 Å². The molecule has 1 N–H and O–H groups in total. The van der Waals surface area contributed by atoms with Gasteiger partial charge >= 0.3 is 5.97 Å². The Morgan fingerprint density at radius 1 is 1.19 bits per heavy atom. The fourth-order valence-electron chi connectivity index (χ4n) is 2.81. The van der Waals surface area contributed by atoms with Crippen LogP contribution < -0.4 is 4.74 Å². The zero-order valence-electron chi connectivity index (χ0n) is 14.7. The van der Waals surface area contributed by atoms with Gasteiger partial charge in [0, 0.05) is 16.1 Å². The summed E-state index contributed by atoms with van der Waals surface area (Å²) in [7, 11) is 2.69. The monoisotopic (exact) mass is 388 g/mol. The minimum atomic E-state index is -1.85. The third-order valence-electron chi connectivity index (χ3n) is 4.22. The van der Waals surface area contributed by atoms with Crippen molar-refractivity contribution in [3.63, 3.8) is 0 Å². The van der Waals surface area contributed by atoms with Crippen molar-refractivity contribution in [1.82, 2.24) is 5.01 Å². The highest BCUT2D eigenvalue weighted by Crippen LogP contribution is 2.37. The molecule has 0 bridgehead atoms. The topological polar surface area (TPSA) is 88.4 Å². The molecule has 2 aromatic carbocycles. The second-order valence-corrected chi connectivity index (χ2v) is 6.32. The van der Waals surface area contributed by atoms with Crippen molar-refractivity contribution in [2.45, 2.75) is 12.1 Å². The summed E-state index contributed by atoms with van der Waals surface area (Å²) in [5, 5.41) is 16.7. The lowest BCUT2D eigenvalue weighted by molar-refractivity contribution is -0.133. The van der Waals surface area contributed by atoms with Crippen LogP contribution in [-0.2, 0) is 15.3 Å². The van der Waals surface area contributed by atoms with Crippen LogP contribution in [0, 0.1) is 0 Å². The Bertz CT molecular complexity index is 913. The van der Waals surface area contributed by atoms with Gasteiger partial charge in [-0.05, 0) is 30.3 Å². The minimum absolute atomic E-state index is 0.0637. The molecule has 0 spiro atoms. The third kappa shape index (κ3) is 3.51. The first-order chi connectivity index (χ1) is 12.9. The Balaban J connectivity index is 2.05. The minimum Gasteiger partial charge on any atom is -0.497 e. The molecular weight excluding hydrogens is 372 g/mol. The Morgan fingerprint density at radius 3 is 2.52 bits per heavy atom. The van der Waals surface area contributed by atoms with Crippen molar-refractivity contribution < 1.29 is 24.2 Å². The molecule has 0 aliphatic carbocycles. The van der Waals surface area contributed by atoms with Crippen LogP contribution in [0.4, 0.5) is 0 Å². The highest BCUT2D eigenvalue weighted by Gasteiger charge is 2.48. The molecule has 3 rings (SSSR count). The van der Waals surface area contributed by atoms with E-state index in [-0.39, 0.29) is 17.7 Å². The summed E-state index contributed by atoms with van der Waals surface area (Å²) < 4.78 is 9.83. The van der Waals surface area contributed by atoms with E-state index < -0.39 is 17.6 Å². The zero-order chi connectivity index (χ0) is 19.6. The van der Waals surface area contributed by atoms with Crippen LogP contribution in [-0.4, -0.2) is 41.9 Å². The molecule has 0 radical (unpaired) electrons. The molecular formula is C19H17ClN2O5. The average molecular weight is 389 g/mol. The van der Waals surface area contributed by atoms with E-state index in [4.69, 9.17) is 21.1 Å². The molecule has 8 heteroatoms. The van der Waals surface area contributed by atoms with Crippen LogP contribution in [0.1, 0.15) is 22.3 Å². The summed E-state index contributed by atoms with van der Waals surface area (Å²) in [5.74, 6) is -0.833. The lowest BCUT2D eigenvalue weighted by Crippen LogP contribution is -2.43. The van der Waals surface area contributed by atoms with Gasteiger partial charge in [-0.15, -0.1) is 0 Å².